The number of nitrogens with zero attached hydrogens (tertiary/aromatic N) is 2. The maximum atomic E-state index is 11.9. The molecule has 1 heterocycles. The Kier molecular flexibility index (Phi) is 7.84. The Morgan fingerprint density at radius 1 is 1.12 bits per heavy atom. The first-order valence-electron chi connectivity index (χ1n) is 8.64. The van der Waals surface area contributed by atoms with Gasteiger partial charge in [0.2, 0.25) is 5.91 Å². The second-order valence-corrected chi connectivity index (χ2v) is 6.28. The Morgan fingerprint density at radius 3 is 2.48 bits per heavy atom. The van der Waals surface area contributed by atoms with E-state index in [2.05, 4.69) is 51.6 Å². The molecule has 0 radical (unpaired) electrons. The smallest absolute Gasteiger partial charge is 0.321 e. The topological polar surface area (TPSA) is 73.9 Å². The summed E-state index contributed by atoms with van der Waals surface area (Å²) in [6.45, 7) is 7.61. The van der Waals surface area contributed by atoms with Gasteiger partial charge in [0.15, 0.2) is 0 Å². The number of carbonyl (C=O) groups is 2. The van der Waals surface area contributed by atoms with Crippen LogP contribution < -0.4 is 10.6 Å². The van der Waals surface area contributed by atoms with Crippen molar-refractivity contribution in [3.8, 4) is 0 Å². The number of amides is 3. The molecular formula is C18H28N4O3. The molecule has 1 fully saturated rings. The summed E-state index contributed by atoms with van der Waals surface area (Å²) in [5, 5.41) is 4.91. The molecule has 0 spiro atoms. The predicted molar refractivity (Wildman–Crippen MR) is 96.3 cm³/mol. The lowest BCUT2D eigenvalue weighted by Gasteiger charge is -2.34. The van der Waals surface area contributed by atoms with E-state index >= 15 is 0 Å². The average Bonchev–Trinajstić information content (AvgIpc) is 2.59. The molecule has 1 aromatic carbocycles. The molecule has 0 bridgehead atoms. The molecule has 2 rings (SSSR count). The Bertz CT molecular complexity index is 571. The minimum absolute atomic E-state index is 0.246. The van der Waals surface area contributed by atoms with E-state index in [1.807, 2.05) is 0 Å². The van der Waals surface area contributed by atoms with E-state index in [1.165, 1.54) is 11.1 Å². The molecule has 1 aliphatic heterocycles. The van der Waals surface area contributed by atoms with Crippen LogP contribution in [0.4, 0.5) is 4.79 Å². The van der Waals surface area contributed by atoms with Crippen molar-refractivity contribution < 1.29 is 14.3 Å². The molecule has 0 aliphatic carbocycles. The average molecular weight is 348 g/mol. The van der Waals surface area contributed by atoms with Crippen molar-refractivity contribution in [3.63, 3.8) is 0 Å². The van der Waals surface area contributed by atoms with Crippen LogP contribution in [0.5, 0.6) is 0 Å². The van der Waals surface area contributed by atoms with Gasteiger partial charge in [-0.2, -0.15) is 0 Å². The van der Waals surface area contributed by atoms with Crippen LogP contribution in [0.1, 0.15) is 11.1 Å². The third-order valence-corrected chi connectivity index (χ3v) is 4.33. The largest absolute Gasteiger partial charge is 0.383 e. The van der Waals surface area contributed by atoms with E-state index < -0.39 is 6.03 Å². The molecule has 7 nitrogen and oxygen atoms in total. The van der Waals surface area contributed by atoms with Crippen LogP contribution in [-0.4, -0.2) is 74.7 Å². The molecular weight excluding hydrogens is 320 g/mol. The SMILES string of the molecule is COCCNC(=O)NC(=O)CN1CCN(Cc2ccccc2C)CC1. The fourth-order valence-electron chi connectivity index (χ4n) is 2.81. The summed E-state index contributed by atoms with van der Waals surface area (Å²) in [7, 11) is 1.56. The van der Waals surface area contributed by atoms with Gasteiger partial charge in [-0.3, -0.25) is 19.9 Å². The zero-order valence-electron chi connectivity index (χ0n) is 15.1. The highest BCUT2D eigenvalue weighted by Crippen LogP contribution is 2.12. The standard InChI is InChI=1S/C18H28N4O3/c1-15-5-3-4-6-16(15)13-21-8-10-22(11-9-21)14-17(23)20-18(24)19-7-12-25-2/h3-6H,7-14H2,1-2H3,(H2,19,20,23,24). The lowest BCUT2D eigenvalue weighted by atomic mass is 10.1. The molecule has 3 amide bonds. The zero-order chi connectivity index (χ0) is 18.1. The van der Waals surface area contributed by atoms with Crippen LogP contribution in [-0.2, 0) is 16.1 Å². The molecule has 0 unspecified atom stereocenters. The van der Waals surface area contributed by atoms with E-state index in [0.29, 0.717) is 13.2 Å². The third-order valence-electron chi connectivity index (χ3n) is 4.33. The summed E-state index contributed by atoms with van der Waals surface area (Å²) in [4.78, 5) is 27.9. The Balaban J connectivity index is 1.67. The number of rotatable bonds is 7. The van der Waals surface area contributed by atoms with E-state index in [4.69, 9.17) is 4.74 Å². The Hall–Kier alpha value is -1.96. The van der Waals surface area contributed by atoms with Crippen molar-refractivity contribution in [2.24, 2.45) is 0 Å². The molecule has 1 saturated heterocycles. The zero-order valence-corrected chi connectivity index (χ0v) is 15.1. The highest BCUT2D eigenvalue weighted by molar-refractivity contribution is 5.95. The van der Waals surface area contributed by atoms with E-state index in [1.54, 1.807) is 7.11 Å². The van der Waals surface area contributed by atoms with Gasteiger partial charge >= 0.3 is 6.03 Å². The second-order valence-electron chi connectivity index (χ2n) is 6.28. The number of benzene rings is 1. The van der Waals surface area contributed by atoms with Gasteiger partial charge in [-0.05, 0) is 18.1 Å². The predicted octanol–water partition coefficient (Wildman–Crippen LogP) is 0.585. The highest BCUT2D eigenvalue weighted by Gasteiger charge is 2.20. The first-order chi connectivity index (χ1) is 12.1. The first-order valence-corrected chi connectivity index (χ1v) is 8.64. The number of carbonyl (C=O) groups excluding carboxylic acids is 2. The normalized spacial score (nSPS) is 15.8. The van der Waals surface area contributed by atoms with Gasteiger partial charge in [0.1, 0.15) is 0 Å². The van der Waals surface area contributed by atoms with Crippen LogP contribution in [0.25, 0.3) is 0 Å². The molecule has 1 aliphatic rings. The van der Waals surface area contributed by atoms with Gasteiger partial charge in [-0.15, -0.1) is 0 Å². The maximum absolute atomic E-state index is 11.9. The van der Waals surface area contributed by atoms with Crippen molar-refractivity contribution in [2.75, 3.05) is 53.0 Å². The fourth-order valence-corrected chi connectivity index (χ4v) is 2.81. The molecule has 25 heavy (non-hydrogen) atoms. The number of imide groups is 1. The van der Waals surface area contributed by atoms with E-state index in [0.717, 1.165) is 32.7 Å². The van der Waals surface area contributed by atoms with Crippen LogP contribution >= 0.6 is 0 Å². The summed E-state index contributed by atoms with van der Waals surface area (Å²) in [5.41, 5.74) is 2.66. The lowest BCUT2D eigenvalue weighted by molar-refractivity contribution is -0.121. The summed E-state index contributed by atoms with van der Waals surface area (Å²) < 4.78 is 4.84. The summed E-state index contributed by atoms with van der Waals surface area (Å²) in [6, 6.07) is 7.95. The fraction of sp³-hybridized carbons (Fsp3) is 0.556. The molecule has 0 aromatic heterocycles. The molecule has 138 valence electrons. The molecule has 7 heteroatoms. The van der Waals surface area contributed by atoms with Crippen LogP contribution in [0, 0.1) is 6.92 Å². The number of hydrogen-bond acceptors (Lipinski definition) is 5. The highest BCUT2D eigenvalue weighted by atomic mass is 16.5. The van der Waals surface area contributed by atoms with Crippen LogP contribution in [0.2, 0.25) is 0 Å². The summed E-state index contributed by atoms with van der Waals surface area (Å²) in [6.07, 6.45) is 0. The molecule has 1 aromatic rings. The van der Waals surface area contributed by atoms with Gasteiger partial charge in [-0.1, -0.05) is 24.3 Å². The first kappa shape index (κ1) is 19.4. The number of methoxy groups -OCH3 is 1. The van der Waals surface area contributed by atoms with Crippen LogP contribution in [0.15, 0.2) is 24.3 Å². The molecule has 0 saturated carbocycles. The number of aryl methyl sites for hydroxylation is 1. The quantitative estimate of drug-likeness (QED) is 0.706. The summed E-state index contributed by atoms with van der Waals surface area (Å²) in [5.74, 6) is -0.276. The summed E-state index contributed by atoms with van der Waals surface area (Å²) >= 11 is 0. The van der Waals surface area contributed by atoms with Crippen molar-refractivity contribution in [1.29, 1.82) is 0 Å². The second kappa shape index (κ2) is 10.1. The van der Waals surface area contributed by atoms with Gasteiger partial charge in [0.25, 0.3) is 0 Å². The van der Waals surface area contributed by atoms with E-state index in [9.17, 15) is 9.59 Å². The van der Waals surface area contributed by atoms with Gasteiger partial charge in [0.05, 0.1) is 13.2 Å². The minimum atomic E-state index is -0.472. The minimum Gasteiger partial charge on any atom is -0.383 e. The number of piperazine rings is 1. The Labute approximate surface area is 149 Å². The van der Waals surface area contributed by atoms with Gasteiger partial charge in [-0.25, -0.2) is 4.79 Å². The number of nitrogens with one attached hydrogen (secondary N) is 2. The van der Waals surface area contributed by atoms with Crippen LogP contribution in [0.3, 0.4) is 0 Å². The monoisotopic (exact) mass is 348 g/mol. The molecule has 2 N–H and O–H groups in total. The van der Waals surface area contributed by atoms with Crippen molar-refractivity contribution >= 4 is 11.9 Å². The Morgan fingerprint density at radius 2 is 1.80 bits per heavy atom. The lowest BCUT2D eigenvalue weighted by Crippen LogP contribution is -2.51. The number of ether oxygens (including phenoxy) is 1. The molecule has 0 atom stereocenters. The van der Waals surface area contributed by atoms with Crippen molar-refractivity contribution in [2.45, 2.75) is 13.5 Å². The number of hydrogen-bond donors (Lipinski definition) is 2. The van der Waals surface area contributed by atoms with E-state index in [-0.39, 0.29) is 12.5 Å². The van der Waals surface area contributed by atoms with Crippen molar-refractivity contribution in [3.05, 3.63) is 35.4 Å². The van der Waals surface area contributed by atoms with Gasteiger partial charge in [0, 0.05) is 46.4 Å². The maximum Gasteiger partial charge on any atom is 0.321 e. The van der Waals surface area contributed by atoms with Gasteiger partial charge < -0.3 is 10.1 Å². The third kappa shape index (κ3) is 6.81. The number of urea groups is 1. The van der Waals surface area contributed by atoms with Crippen molar-refractivity contribution in [1.82, 2.24) is 20.4 Å².